The Balaban J connectivity index is 2.42. The summed E-state index contributed by atoms with van der Waals surface area (Å²) in [6.07, 6.45) is 1.36. The number of methoxy groups -OCH3 is 1. The Hall–Kier alpha value is -2.02. The molecular weight excluding hydrogens is 290 g/mol. The second-order valence-electron chi connectivity index (χ2n) is 4.72. The summed E-state index contributed by atoms with van der Waals surface area (Å²) >= 11 is 0. The average molecular weight is 309 g/mol. The maximum absolute atomic E-state index is 12.5. The molecule has 0 saturated carbocycles. The van der Waals surface area contributed by atoms with E-state index in [4.69, 9.17) is 4.74 Å². The van der Waals surface area contributed by atoms with Crippen molar-refractivity contribution in [2.45, 2.75) is 32.2 Å². The Bertz CT molecular complexity index is 751. The number of ether oxygens (including phenoxy) is 1. The third kappa shape index (κ3) is 3.02. The highest BCUT2D eigenvalue weighted by Gasteiger charge is 2.22. The summed E-state index contributed by atoms with van der Waals surface area (Å²) < 4.78 is 34.4. The van der Waals surface area contributed by atoms with Gasteiger partial charge in [-0.2, -0.15) is 5.10 Å². The molecule has 0 bridgehead atoms. The predicted molar refractivity (Wildman–Crippen MR) is 81.2 cm³/mol. The number of nitrogens with one attached hydrogen (secondary N) is 1. The summed E-state index contributed by atoms with van der Waals surface area (Å²) in [6, 6.07) is 5.32. The van der Waals surface area contributed by atoms with Crippen LogP contribution in [0.15, 0.2) is 29.3 Å². The van der Waals surface area contributed by atoms with Crippen LogP contribution in [0.5, 0.6) is 5.75 Å². The molecule has 6 nitrogen and oxygen atoms in total. The maximum Gasteiger partial charge on any atom is 0.265 e. The van der Waals surface area contributed by atoms with Gasteiger partial charge in [0, 0.05) is 6.54 Å². The van der Waals surface area contributed by atoms with Gasteiger partial charge in [-0.1, -0.05) is 6.07 Å². The van der Waals surface area contributed by atoms with Crippen LogP contribution in [0.4, 0.5) is 5.69 Å². The van der Waals surface area contributed by atoms with E-state index in [1.54, 1.807) is 23.7 Å². The Morgan fingerprint density at radius 1 is 1.33 bits per heavy atom. The number of rotatable bonds is 5. The molecule has 114 valence electrons. The van der Waals surface area contributed by atoms with Gasteiger partial charge < -0.3 is 4.74 Å². The van der Waals surface area contributed by atoms with Crippen LogP contribution in [0.25, 0.3) is 0 Å². The molecular formula is C14H19N3O3S. The number of anilines is 1. The van der Waals surface area contributed by atoms with Gasteiger partial charge in [-0.05, 0) is 38.5 Å². The summed E-state index contributed by atoms with van der Waals surface area (Å²) in [7, 11) is -2.19. The summed E-state index contributed by atoms with van der Waals surface area (Å²) in [5.74, 6) is 0.477. The molecule has 0 spiro atoms. The van der Waals surface area contributed by atoms with Gasteiger partial charge in [0.15, 0.2) is 0 Å². The Labute approximate surface area is 124 Å². The van der Waals surface area contributed by atoms with Gasteiger partial charge in [0.2, 0.25) is 0 Å². The van der Waals surface area contributed by atoms with Gasteiger partial charge in [-0.25, -0.2) is 8.42 Å². The van der Waals surface area contributed by atoms with Gasteiger partial charge in [0.25, 0.3) is 10.0 Å². The first-order chi connectivity index (χ1) is 9.89. The molecule has 0 aliphatic carbocycles. The number of benzene rings is 1. The Morgan fingerprint density at radius 3 is 2.62 bits per heavy atom. The first kappa shape index (κ1) is 15.4. The van der Waals surface area contributed by atoms with Crippen molar-refractivity contribution >= 4 is 15.7 Å². The van der Waals surface area contributed by atoms with Crippen molar-refractivity contribution in [2.75, 3.05) is 11.8 Å². The molecule has 0 atom stereocenters. The maximum atomic E-state index is 12.5. The van der Waals surface area contributed by atoms with Crippen LogP contribution in [-0.2, 0) is 16.6 Å². The van der Waals surface area contributed by atoms with Crippen LogP contribution in [0, 0.1) is 13.8 Å². The first-order valence-electron chi connectivity index (χ1n) is 6.59. The topological polar surface area (TPSA) is 73.2 Å². The summed E-state index contributed by atoms with van der Waals surface area (Å²) in [5, 5.41) is 4.07. The van der Waals surface area contributed by atoms with E-state index in [2.05, 4.69) is 9.82 Å². The van der Waals surface area contributed by atoms with Crippen molar-refractivity contribution in [3.63, 3.8) is 0 Å². The standard InChI is InChI=1S/C14H19N3O3S/c1-5-17-11(3)14(9-15-17)21(18,19)16-12-8-10(2)6-7-13(12)20-4/h6-9,16H,5H2,1-4H3. The van der Waals surface area contributed by atoms with Crippen LogP contribution in [0.2, 0.25) is 0 Å². The number of hydrogen-bond donors (Lipinski definition) is 1. The molecule has 2 rings (SSSR count). The number of sulfonamides is 1. The minimum absolute atomic E-state index is 0.174. The fourth-order valence-electron chi connectivity index (χ4n) is 2.11. The largest absolute Gasteiger partial charge is 0.495 e. The van der Waals surface area contributed by atoms with Crippen LogP contribution < -0.4 is 9.46 Å². The molecule has 21 heavy (non-hydrogen) atoms. The number of nitrogens with zero attached hydrogens (tertiary/aromatic N) is 2. The SMILES string of the molecule is CCn1ncc(S(=O)(=O)Nc2cc(C)ccc2OC)c1C. The molecule has 0 saturated heterocycles. The lowest BCUT2D eigenvalue weighted by Crippen LogP contribution is -2.15. The van der Waals surface area contributed by atoms with E-state index in [1.807, 2.05) is 19.9 Å². The van der Waals surface area contributed by atoms with Gasteiger partial charge in [0.05, 0.1) is 24.7 Å². The zero-order chi connectivity index (χ0) is 15.6. The number of aryl methyl sites for hydroxylation is 2. The summed E-state index contributed by atoms with van der Waals surface area (Å²) in [5.41, 5.74) is 1.97. The van der Waals surface area contributed by atoms with Crippen molar-refractivity contribution in [1.82, 2.24) is 9.78 Å². The van der Waals surface area contributed by atoms with Crippen molar-refractivity contribution < 1.29 is 13.2 Å². The van der Waals surface area contributed by atoms with Gasteiger partial charge in [-0.15, -0.1) is 0 Å². The molecule has 0 radical (unpaired) electrons. The number of hydrogen-bond acceptors (Lipinski definition) is 4. The molecule has 7 heteroatoms. The smallest absolute Gasteiger partial charge is 0.265 e. The highest BCUT2D eigenvalue weighted by molar-refractivity contribution is 7.92. The van der Waals surface area contributed by atoms with Crippen LogP contribution in [0.3, 0.4) is 0 Å². The summed E-state index contributed by atoms with van der Waals surface area (Å²) in [4.78, 5) is 0.174. The molecule has 0 aliphatic rings. The number of aromatic nitrogens is 2. The zero-order valence-electron chi connectivity index (χ0n) is 12.5. The van der Waals surface area contributed by atoms with Crippen molar-refractivity contribution in [1.29, 1.82) is 0 Å². The highest BCUT2D eigenvalue weighted by Crippen LogP contribution is 2.28. The average Bonchev–Trinajstić information content (AvgIpc) is 2.80. The normalized spacial score (nSPS) is 11.4. The van der Waals surface area contributed by atoms with Gasteiger partial charge in [-0.3, -0.25) is 9.40 Å². The molecule has 1 heterocycles. The second-order valence-corrected chi connectivity index (χ2v) is 6.37. The van der Waals surface area contributed by atoms with E-state index < -0.39 is 10.0 Å². The molecule has 2 aromatic rings. The van der Waals surface area contributed by atoms with Crippen LogP contribution in [0.1, 0.15) is 18.2 Å². The fourth-order valence-corrected chi connectivity index (χ4v) is 3.35. The third-order valence-electron chi connectivity index (χ3n) is 3.25. The minimum Gasteiger partial charge on any atom is -0.495 e. The quantitative estimate of drug-likeness (QED) is 0.920. The summed E-state index contributed by atoms with van der Waals surface area (Å²) in [6.45, 7) is 6.15. The van der Waals surface area contributed by atoms with Crippen LogP contribution >= 0.6 is 0 Å². The highest BCUT2D eigenvalue weighted by atomic mass is 32.2. The Morgan fingerprint density at radius 2 is 2.05 bits per heavy atom. The van der Waals surface area contributed by atoms with Crippen molar-refractivity contribution in [3.8, 4) is 5.75 Å². The van der Waals surface area contributed by atoms with E-state index >= 15 is 0 Å². The van der Waals surface area contributed by atoms with E-state index in [9.17, 15) is 8.42 Å². The fraction of sp³-hybridized carbons (Fsp3) is 0.357. The first-order valence-corrected chi connectivity index (χ1v) is 8.07. The Kier molecular flexibility index (Phi) is 4.22. The lowest BCUT2D eigenvalue weighted by Gasteiger charge is -2.12. The molecule has 0 aliphatic heterocycles. The molecule has 0 amide bonds. The third-order valence-corrected chi connectivity index (χ3v) is 4.71. The van der Waals surface area contributed by atoms with E-state index in [1.165, 1.54) is 13.3 Å². The van der Waals surface area contributed by atoms with Crippen molar-refractivity contribution in [3.05, 3.63) is 35.7 Å². The lowest BCUT2D eigenvalue weighted by atomic mass is 10.2. The predicted octanol–water partition coefficient (Wildman–Crippen LogP) is 2.33. The van der Waals surface area contributed by atoms with Gasteiger partial charge in [0.1, 0.15) is 10.6 Å². The van der Waals surface area contributed by atoms with Crippen molar-refractivity contribution in [2.24, 2.45) is 0 Å². The lowest BCUT2D eigenvalue weighted by molar-refractivity contribution is 0.417. The van der Waals surface area contributed by atoms with E-state index in [0.717, 1.165) is 5.56 Å². The van der Waals surface area contributed by atoms with E-state index in [0.29, 0.717) is 23.7 Å². The molecule has 1 N–H and O–H groups in total. The molecule has 1 aromatic heterocycles. The minimum atomic E-state index is -3.70. The molecule has 0 unspecified atom stereocenters. The monoisotopic (exact) mass is 309 g/mol. The van der Waals surface area contributed by atoms with Gasteiger partial charge >= 0.3 is 0 Å². The second kappa shape index (κ2) is 5.77. The van der Waals surface area contributed by atoms with E-state index in [-0.39, 0.29) is 4.90 Å². The van der Waals surface area contributed by atoms with Crippen LogP contribution in [-0.4, -0.2) is 25.3 Å². The molecule has 0 fully saturated rings. The zero-order valence-corrected chi connectivity index (χ0v) is 13.4. The molecule has 1 aromatic carbocycles.